The first-order valence-electron chi connectivity index (χ1n) is 8.06. The minimum absolute atomic E-state index is 0.0428. The van der Waals surface area contributed by atoms with Crippen molar-refractivity contribution in [3.63, 3.8) is 0 Å². The molecule has 0 radical (unpaired) electrons. The fourth-order valence-corrected chi connectivity index (χ4v) is 3.59. The summed E-state index contributed by atoms with van der Waals surface area (Å²) in [7, 11) is 0. The molecule has 3 aromatic rings. The molecule has 0 saturated carbocycles. The van der Waals surface area contributed by atoms with Crippen LogP contribution in [0.25, 0.3) is 11.5 Å². The van der Waals surface area contributed by atoms with Gasteiger partial charge >= 0.3 is 0 Å². The monoisotopic (exact) mass is 354 g/mol. The highest BCUT2D eigenvalue weighted by Crippen LogP contribution is 2.26. The molecular formula is C19H15FN2O2S. The fourth-order valence-electron chi connectivity index (χ4n) is 2.93. The van der Waals surface area contributed by atoms with E-state index in [9.17, 15) is 9.18 Å². The number of rotatable bonds is 5. The Morgan fingerprint density at radius 3 is 2.72 bits per heavy atom. The fraction of sp³-hybridized carbons (Fsp3) is 0.211. The van der Waals surface area contributed by atoms with Gasteiger partial charge in [0, 0.05) is 11.1 Å². The Kier molecular flexibility index (Phi) is 4.36. The molecule has 4 rings (SSSR count). The molecule has 1 heterocycles. The molecule has 0 unspecified atom stereocenters. The lowest BCUT2D eigenvalue weighted by Crippen LogP contribution is -2.03. The number of carbonyl (C=O) groups excluding carboxylic acids is 1. The van der Waals surface area contributed by atoms with Gasteiger partial charge in [-0.2, -0.15) is 0 Å². The van der Waals surface area contributed by atoms with Gasteiger partial charge < -0.3 is 4.42 Å². The number of hydrogen-bond acceptors (Lipinski definition) is 5. The predicted molar refractivity (Wildman–Crippen MR) is 93.2 cm³/mol. The van der Waals surface area contributed by atoms with Gasteiger partial charge in [0.15, 0.2) is 5.78 Å². The third-order valence-electron chi connectivity index (χ3n) is 4.24. The molecule has 0 spiro atoms. The van der Waals surface area contributed by atoms with E-state index in [1.165, 1.54) is 35.0 Å². The molecule has 0 N–H and O–H groups in total. The largest absolute Gasteiger partial charge is 0.411 e. The number of Topliss-reactive ketones (excluding diaryl/α,β-unsaturated/α-hetero) is 1. The summed E-state index contributed by atoms with van der Waals surface area (Å²) in [6.45, 7) is 0. The number of benzene rings is 2. The summed E-state index contributed by atoms with van der Waals surface area (Å²) in [4.78, 5) is 12.4. The zero-order valence-electron chi connectivity index (χ0n) is 13.4. The second kappa shape index (κ2) is 6.80. The minimum Gasteiger partial charge on any atom is -0.411 e. The minimum atomic E-state index is -0.321. The molecule has 0 aliphatic heterocycles. The van der Waals surface area contributed by atoms with Crippen LogP contribution < -0.4 is 0 Å². The second-order valence-electron chi connectivity index (χ2n) is 5.93. The van der Waals surface area contributed by atoms with Crippen LogP contribution in [-0.4, -0.2) is 21.7 Å². The molecule has 6 heteroatoms. The molecule has 25 heavy (non-hydrogen) atoms. The maximum Gasteiger partial charge on any atom is 0.277 e. The summed E-state index contributed by atoms with van der Waals surface area (Å²) < 4.78 is 18.5. The Morgan fingerprint density at radius 2 is 1.88 bits per heavy atom. The van der Waals surface area contributed by atoms with E-state index in [-0.39, 0.29) is 17.4 Å². The van der Waals surface area contributed by atoms with Gasteiger partial charge in [-0.1, -0.05) is 23.9 Å². The average Bonchev–Trinajstić information content (AvgIpc) is 3.29. The summed E-state index contributed by atoms with van der Waals surface area (Å²) in [5.41, 5.74) is 4.01. The summed E-state index contributed by atoms with van der Waals surface area (Å²) in [5, 5.41) is 8.21. The average molecular weight is 354 g/mol. The van der Waals surface area contributed by atoms with Crippen molar-refractivity contribution in [2.75, 3.05) is 5.75 Å². The Bertz CT molecular complexity index is 921. The topological polar surface area (TPSA) is 56.0 Å². The molecule has 1 aromatic heterocycles. The van der Waals surface area contributed by atoms with Crippen LogP contribution in [0.2, 0.25) is 0 Å². The van der Waals surface area contributed by atoms with E-state index in [0.29, 0.717) is 16.7 Å². The maximum atomic E-state index is 13.0. The lowest BCUT2D eigenvalue weighted by atomic mass is 10.0. The smallest absolute Gasteiger partial charge is 0.277 e. The molecule has 0 amide bonds. The molecular weight excluding hydrogens is 339 g/mol. The first-order chi connectivity index (χ1) is 12.2. The molecule has 4 nitrogen and oxygen atoms in total. The molecule has 0 atom stereocenters. The van der Waals surface area contributed by atoms with Crippen molar-refractivity contribution in [2.24, 2.45) is 0 Å². The number of nitrogens with zero attached hydrogens (tertiary/aromatic N) is 2. The SMILES string of the molecule is O=C(CSc1nnc(-c2ccc(F)cc2)o1)c1ccc2c(c1)CCC2. The van der Waals surface area contributed by atoms with Crippen LogP contribution in [0.5, 0.6) is 0 Å². The van der Waals surface area contributed by atoms with Crippen LogP contribution in [0, 0.1) is 5.82 Å². The Morgan fingerprint density at radius 1 is 1.08 bits per heavy atom. The molecule has 0 fully saturated rings. The first-order valence-corrected chi connectivity index (χ1v) is 9.05. The maximum absolute atomic E-state index is 13.0. The summed E-state index contributed by atoms with van der Waals surface area (Å²) >= 11 is 1.21. The summed E-state index contributed by atoms with van der Waals surface area (Å²) in [6, 6.07) is 11.8. The van der Waals surface area contributed by atoms with E-state index in [1.54, 1.807) is 12.1 Å². The molecule has 0 bridgehead atoms. The lowest BCUT2D eigenvalue weighted by molar-refractivity contribution is 0.102. The van der Waals surface area contributed by atoms with Crippen molar-refractivity contribution in [2.45, 2.75) is 24.5 Å². The number of ketones is 1. The van der Waals surface area contributed by atoms with Crippen molar-refractivity contribution < 1.29 is 13.6 Å². The van der Waals surface area contributed by atoms with Crippen LogP contribution in [0.4, 0.5) is 4.39 Å². The quantitative estimate of drug-likeness (QED) is 0.504. The van der Waals surface area contributed by atoms with Gasteiger partial charge in [-0.3, -0.25) is 4.79 Å². The number of hydrogen-bond donors (Lipinski definition) is 0. The Labute approximate surface area is 148 Å². The van der Waals surface area contributed by atoms with E-state index in [0.717, 1.165) is 24.8 Å². The van der Waals surface area contributed by atoms with Crippen molar-refractivity contribution in [1.82, 2.24) is 10.2 Å². The molecule has 1 aliphatic carbocycles. The van der Waals surface area contributed by atoms with Gasteiger partial charge in [0.1, 0.15) is 5.82 Å². The van der Waals surface area contributed by atoms with Gasteiger partial charge in [0.2, 0.25) is 5.89 Å². The van der Waals surface area contributed by atoms with Crippen molar-refractivity contribution in [1.29, 1.82) is 0 Å². The number of aryl methyl sites for hydroxylation is 2. The molecule has 1 aliphatic rings. The predicted octanol–water partition coefficient (Wildman–Crippen LogP) is 4.34. The van der Waals surface area contributed by atoms with E-state index in [2.05, 4.69) is 16.3 Å². The van der Waals surface area contributed by atoms with Crippen LogP contribution >= 0.6 is 11.8 Å². The second-order valence-corrected chi connectivity index (χ2v) is 6.86. The zero-order valence-corrected chi connectivity index (χ0v) is 14.2. The Hall–Kier alpha value is -2.47. The third kappa shape index (κ3) is 3.49. The Balaban J connectivity index is 1.41. The number of aromatic nitrogens is 2. The number of thioether (sulfide) groups is 1. The van der Waals surface area contributed by atoms with E-state index < -0.39 is 0 Å². The van der Waals surface area contributed by atoms with E-state index >= 15 is 0 Å². The summed E-state index contributed by atoms with van der Waals surface area (Å²) in [5.74, 6) is 0.274. The highest BCUT2D eigenvalue weighted by Gasteiger charge is 2.16. The van der Waals surface area contributed by atoms with Gasteiger partial charge in [-0.25, -0.2) is 4.39 Å². The highest BCUT2D eigenvalue weighted by molar-refractivity contribution is 7.99. The van der Waals surface area contributed by atoms with Gasteiger partial charge in [0.25, 0.3) is 5.22 Å². The van der Waals surface area contributed by atoms with Gasteiger partial charge in [0.05, 0.1) is 5.75 Å². The normalized spacial score (nSPS) is 13.0. The zero-order chi connectivity index (χ0) is 17.2. The van der Waals surface area contributed by atoms with Crippen molar-refractivity contribution >= 4 is 17.5 Å². The van der Waals surface area contributed by atoms with Crippen LogP contribution in [0.3, 0.4) is 0 Å². The van der Waals surface area contributed by atoms with Crippen LogP contribution in [0.15, 0.2) is 52.1 Å². The number of fused-ring (bicyclic) bond motifs is 1. The van der Waals surface area contributed by atoms with E-state index in [1.807, 2.05) is 12.1 Å². The van der Waals surface area contributed by atoms with Crippen LogP contribution in [0.1, 0.15) is 27.9 Å². The van der Waals surface area contributed by atoms with E-state index in [4.69, 9.17) is 4.42 Å². The van der Waals surface area contributed by atoms with Crippen LogP contribution in [-0.2, 0) is 12.8 Å². The highest BCUT2D eigenvalue weighted by atomic mass is 32.2. The third-order valence-corrected chi connectivity index (χ3v) is 5.06. The number of carbonyl (C=O) groups is 1. The molecule has 2 aromatic carbocycles. The molecule has 126 valence electrons. The van der Waals surface area contributed by atoms with Crippen molar-refractivity contribution in [3.8, 4) is 11.5 Å². The van der Waals surface area contributed by atoms with Gasteiger partial charge in [-0.15, -0.1) is 10.2 Å². The molecule has 0 saturated heterocycles. The lowest BCUT2D eigenvalue weighted by Gasteiger charge is -2.03. The standard InChI is InChI=1S/C19H15FN2O2S/c20-16-8-6-13(7-9-16)18-21-22-19(24-18)25-11-17(23)15-5-4-12-2-1-3-14(12)10-15/h4-10H,1-3,11H2. The number of halogens is 1. The first kappa shape index (κ1) is 16.0. The van der Waals surface area contributed by atoms with Crippen molar-refractivity contribution in [3.05, 3.63) is 65.0 Å². The summed E-state index contributed by atoms with van der Waals surface area (Å²) in [6.07, 6.45) is 3.32. The van der Waals surface area contributed by atoms with Gasteiger partial charge in [-0.05, 0) is 60.7 Å².